The Morgan fingerprint density at radius 2 is 2.45 bits per heavy atom. The lowest BCUT2D eigenvalue weighted by Gasteiger charge is -1.91. The quantitative estimate of drug-likeness (QED) is 0.543. The smallest absolute Gasteiger partial charge is 0.156 e. The maximum atomic E-state index is 10.5. The fourth-order valence-corrected chi connectivity index (χ4v) is 1.33. The summed E-state index contributed by atoms with van der Waals surface area (Å²) in [5, 5.41) is 11.1. The Hall–Kier alpha value is -1.09. The molecule has 1 rings (SSSR count). The normalized spacial score (nSPS) is 11.5. The third-order valence-electron chi connectivity index (χ3n) is 1.11. The van der Waals surface area contributed by atoms with E-state index in [0.29, 0.717) is 0 Å². The van der Waals surface area contributed by atoms with E-state index in [9.17, 15) is 9.90 Å². The minimum atomic E-state index is -0.143. The van der Waals surface area contributed by atoms with Gasteiger partial charge in [0.1, 0.15) is 5.76 Å². The number of ketones is 1. The number of aliphatic hydroxyl groups is 1. The molecule has 0 unspecified atom stereocenters. The predicted octanol–water partition coefficient (Wildman–Crippen LogP) is 2.24. The largest absolute Gasteiger partial charge is 0.506 e. The van der Waals surface area contributed by atoms with Gasteiger partial charge >= 0.3 is 0 Å². The predicted molar refractivity (Wildman–Crippen MR) is 45.6 cm³/mol. The fraction of sp³-hybridized carbons (Fsp3) is 0.125. The lowest BCUT2D eigenvalue weighted by molar-refractivity contribution is -0.112. The summed E-state index contributed by atoms with van der Waals surface area (Å²) in [6, 6.07) is 3.59. The molecule has 0 saturated heterocycles. The van der Waals surface area contributed by atoms with E-state index in [1.54, 1.807) is 6.07 Å². The van der Waals surface area contributed by atoms with Gasteiger partial charge in [0, 0.05) is 6.08 Å². The third kappa shape index (κ3) is 2.20. The number of carbonyl (C=O) groups is 1. The molecule has 1 heterocycles. The molecule has 0 aliphatic rings. The molecule has 0 radical (unpaired) electrons. The highest BCUT2D eigenvalue weighted by Gasteiger charge is 1.99. The van der Waals surface area contributed by atoms with E-state index in [1.807, 2.05) is 11.4 Å². The van der Waals surface area contributed by atoms with Crippen molar-refractivity contribution in [3.8, 4) is 0 Å². The van der Waals surface area contributed by atoms with Crippen LogP contribution in [0.2, 0.25) is 0 Å². The van der Waals surface area contributed by atoms with Gasteiger partial charge in [0.25, 0.3) is 0 Å². The van der Waals surface area contributed by atoms with Gasteiger partial charge in [0.05, 0.1) is 4.88 Å². The average molecular weight is 168 g/mol. The Kier molecular flexibility index (Phi) is 2.44. The zero-order valence-electron chi connectivity index (χ0n) is 6.07. The molecule has 2 nitrogen and oxygen atoms in total. The highest BCUT2D eigenvalue weighted by atomic mass is 32.1. The number of hydrogen-bond acceptors (Lipinski definition) is 3. The molecule has 0 atom stereocenters. The van der Waals surface area contributed by atoms with Crippen molar-refractivity contribution in [1.82, 2.24) is 0 Å². The molecule has 3 heteroatoms. The van der Waals surface area contributed by atoms with Crippen LogP contribution in [0, 0.1) is 0 Å². The second kappa shape index (κ2) is 3.34. The first-order chi connectivity index (χ1) is 5.20. The molecule has 0 bridgehead atoms. The third-order valence-corrected chi connectivity index (χ3v) is 2.01. The fourth-order valence-electron chi connectivity index (χ4n) is 0.688. The van der Waals surface area contributed by atoms with E-state index in [4.69, 9.17) is 0 Å². The Balaban J connectivity index is 2.86. The highest BCUT2D eigenvalue weighted by molar-refractivity contribution is 7.11. The molecule has 0 aromatic carbocycles. The van der Waals surface area contributed by atoms with Crippen molar-refractivity contribution >= 4 is 22.9 Å². The summed E-state index contributed by atoms with van der Waals surface area (Å²) in [5.74, 6) is -0.0941. The maximum absolute atomic E-state index is 10.5. The molecule has 0 saturated carbocycles. The van der Waals surface area contributed by atoms with Crippen LogP contribution < -0.4 is 0 Å². The van der Waals surface area contributed by atoms with Gasteiger partial charge in [-0.25, -0.2) is 0 Å². The molecule has 0 spiro atoms. The van der Waals surface area contributed by atoms with Crippen molar-refractivity contribution < 1.29 is 9.90 Å². The van der Waals surface area contributed by atoms with E-state index in [-0.39, 0.29) is 11.5 Å². The van der Waals surface area contributed by atoms with Crippen LogP contribution >= 0.6 is 11.3 Å². The Morgan fingerprint density at radius 3 is 2.91 bits per heavy atom. The first kappa shape index (κ1) is 8.01. The standard InChI is InChI=1S/C8H8O2S/c1-6(9)5-7(10)8-3-2-4-11-8/h2-5,10H,1H3/b7-5+. The number of aliphatic hydroxyl groups excluding tert-OH is 1. The van der Waals surface area contributed by atoms with Crippen molar-refractivity contribution in [2.45, 2.75) is 6.92 Å². The van der Waals surface area contributed by atoms with Crippen molar-refractivity contribution in [2.24, 2.45) is 0 Å². The molecular weight excluding hydrogens is 160 g/mol. The molecular formula is C8H8O2S. The first-order valence-electron chi connectivity index (χ1n) is 3.15. The molecule has 1 aromatic rings. The van der Waals surface area contributed by atoms with Crippen LogP contribution in [0.25, 0.3) is 5.76 Å². The van der Waals surface area contributed by atoms with Crippen LogP contribution in [-0.2, 0) is 4.79 Å². The highest BCUT2D eigenvalue weighted by Crippen LogP contribution is 2.16. The van der Waals surface area contributed by atoms with Crippen LogP contribution in [0.1, 0.15) is 11.8 Å². The topological polar surface area (TPSA) is 37.3 Å². The van der Waals surface area contributed by atoms with Crippen LogP contribution in [0.3, 0.4) is 0 Å². The van der Waals surface area contributed by atoms with E-state index >= 15 is 0 Å². The molecule has 1 aromatic heterocycles. The lowest BCUT2D eigenvalue weighted by Crippen LogP contribution is -1.85. The summed E-state index contributed by atoms with van der Waals surface area (Å²) in [6.07, 6.45) is 1.21. The van der Waals surface area contributed by atoms with Crippen LogP contribution in [0.4, 0.5) is 0 Å². The minimum Gasteiger partial charge on any atom is -0.506 e. The summed E-state index contributed by atoms with van der Waals surface area (Å²) in [6.45, 7) is 1.41. The molecule has 0 fully saturated rings. The number of hydrogen-bond donors (Lipinski definition) is 1. The first-order valence-corrected chi connectivity index (χ1v) is 4.03. The van der Waals surface area contributed by atoms with Gasteiger partial charge in [-0.15, -0.1) is 11.3 Å². The summed E-state index contributed by atoms with van der Waals surface area (Å²) < 4.78 is 0. The zero-order valence-corrected chi connectivity index (χ0v) is 6.89. The number of thiophene rings is 1. The summed E-state index contributed by atoms with van der Waals surface area (Å²) in [4.78, 5) is 11.2. The average Bonchev–Trinajstić information content (AvgIpc) is 2.35. The molecule has 58 valence electrons. The van der Waals surface area contributed by atoms with Gasteiger partial charge < -0.3 is 5.11 Å². The zero-order chi connectivity index (χ0) is 8.27. The molecule has 0 aliphatic carbocycles. The Labute approximate surface area is 68.8 Å². The van der Waals surface area contributed by atoms with Crippen molar-refractivity contribution in [2.75, 3.05) is 0 Å². The summed E-state index contributed by atoms with van der Waals surface area (Å²) in [7, 11) is 0. The van der Waals surface area contributed by atoms with E-state index in [2.05, 4.69) is 0 Å². The van der Waals surface area contributed by atoms with E-state index in [1.165, 1.54) is 24.3 Å². The van der Waals surface area contributed by atoms with Crippen molar-refractivity contribution in [3.05, 3.63) is 28.5 Å². The van der Waals surface area contributed by atoms with Crippen LogP contribution in [-0.4, -0.2) is 10.9 Å². The van der Waals surface area contributed by atoms with Crippen LogP contribution in [0.5, 0.6) is 0 Å². The van der Waals surface area contributed by atoms with Gasteiger partial charge in [0.2, 0.25) is 0 Å². The van der Waals surface area contributed by atoms with Crippen molar-refractivity contribution in [1.29, 1.82) is 0 Å². The number of carbonyl (C=O) groups excluding carboxylic acids is 1. The van der Waals surface area contributed by atoms with Gasteiger partial charge in [-0.2, -0.15) is 0 Å². The summed E-state index contributed by atoms with van der Waals surface area (Å²) in [5.41, 5.74) is 0. The van der Waals surface area contributed by atoms with Crippen LogP contribution in [0.15, 0.2) is 23.6 Å². The summed E-state index contributed by atoms with van der Waals surface area (Å²) >= 11 is 1.40. The molecule has 0 aliphatic heterocycles. The second-order valence-corrected chi connectivity index (χ2v) is 3.07. The second-order valence-electron chi connectivity index (χ2n) is 2.12. The van der Waals surface area contributed by atoms with E-state index in [0.717, 1.165) is 4.88 Å². The molecule has 0 amide bonds. The Bertz CT molecular complexity index is 272. The van der Waals surface area contributed by atoms with E-state index < -0.39 is 0 Å². The number of allylic oxidation sites excluding steroid dienone is 1. The van der Waals surface area contributed by atoms with Gasteiger partial charge in [0.15, 0.2) is 5.78 Å². The van der Waals surface area contributed by atoms with Gasteiger partial charge in [-0.3, -0.25) is 4.79 Å². The lowest BCUT2D eigenvalue weighted by atomic mass is 10.3. The molecule has 11 heavy (non-hydrogen) atoms. The minimum absolute atomic E-state index is 0.0486. The monoisotopic (exact) mass is 168 g/mol. The Morgan fingerprint density at radius 1 is 1.73 bits per heavy atom. The number of rotatable bonds is 2. The molecule has 1 N–H and O–H groups in total. The van der Waals surface area contributed by atoms with Crippen molar-refractivity contribution in [3.63, 3.8) is 0 Å². The van der Waals surface area contributed by atoms with Gasteiger partial charge in [-0.05, 0) is 18.4 Å². The van der Waals surface area contributed by atoms with Gasteiger partial charge in [-0.1, -0.05) is 6.07 Å². The SMILES string of the molecule is CC(=O)/C=C(/O)c1cccs1. The maximum Gasteiger partial charge on any atom is 0.156 e.